The zero-order valence-electron chi connectivity index (χ0n) is 13.0. The van der Waals surface area contributed by atoms with E-state index in [1.807, 2.05) is 47.9 Å². The lowest BCUT2D eigenvalue weighted by Gasteiger charge is -2.09. The molecule has 0 bridgehead atoms. The molecule has 2 aromatic heterocycles. The number of hydrogen-bond donors (Lipinski definition) is 0. The van der Waals surface area contributed by atoms with Crippen LogP contribution in [0.5, 0.6) is 11.5 Å². The molecule has 0 N–H and O–H groups in total. The largest absolute Gasteiger partial charge is 0.493 e. The maximum absolute atomic E-state index is 12.1. The number of carbonyl (C=O) groups excluding carboxylic acids is 1. The first-order valence-electron chi connectivity index (χ1n) is 7.28. The van der Waals surface area contributed by atoms with Gasteiger partial charge in [-0.15, -0.1) is 11.3 Å². The van der Waals surface area contributed by atoms with Crippen LogP contribution in [0.3, 0.4) is 0 Å². The van der Waals surface area contributed by atoms with Crippen LogP contribution in [0.2, 0.25) is 0 Å². The lowest BCUT2D eigenvalue weighted by atomic mass is 10.1. The molecule has 3 aromatic rings. The van der Waals surface area contributed by atoms with Crippen molar-refractivity contribution in [1.82, 2.24) is 4.98 Å². The van der Waals surface area contributed by atoms with Crippen LogP contribution in [0.15, 0.2) is 60.2 Å². The van der Waals surface area contributed by atoms with Crippen molar-refractivity contribution in [1.29, 1.82) is 0 Å². The van der Waals surface area contributed by atoms with E-state index >= 15 is 0 Å². The molecule has 1 aromatic carbocycles. The zero-order valence-corrected chi connectivity index (χ0v) is 13.8. The van der Waals surface area contributed by atoms with Gasteiger partial charge >= 0.3 is 5.97 Å². The first-order chi connectivity index (χ1) is 11.8. The molecule has 2 heterocycles. The number of ether oxygens (including phenoxy) is 2. The fraction of sp³-hybridized carbons (Fsp3) is 0.0526. The molecule has 0 saturated heterocycles. The van der Waals surface area contributed by atoms with Crippen LogP contribution in [0.4, 0.5) is 0 Å². The van der Waals surface area contributed by atoms with Gasteiger partial charge in [-0.2, -0.15) is 0 Å². The van der Waals surface area contributed by atoms with E-state index in [2.05, 4.69) is 4.98 Å². The van der Waals surface area contributed by atoms with Gasteiger partial charge in [0.15, 0.2) is 11.5 Å². The molecule has 24 heavy (non-hydrogen) atoms. The number of methoxy groups -OCH3 is 1. The number of nitrogens with zero attached hydrogens (tertiary/aromatic N) is 1. The van der Waals surface area contributed by atoms with E-state index < -0.39 is 0 Å². The molecular formula is C19H15NO3S. The molecule has 4 nitrogen and oxygen atoms in total. The van der Waals surface area contributed by atoms with Gasteiger partial charge in [0.05, 0.1) is 7.11 Å². The smallest absolute Gasteiger partial charge is 0.353 e. The van der Waals surface area contributed by atoms with Gasteiger partial charge in [0.2, 0.25) is 0 Å². The molecule has 0 saturated carbocycles. The number of hydrogen-bond acceptors (Lipinski definition) is 5. The number of thiophene rings is 1. The van der Waals surface area contributed by atoms with Crippen LogP contribution < -0.4 is 9.47 Å². The molecular weight excluding hydrogens is 322 g/mol. The summed E-state index contributed by atoms with van der Waals surface area (Å²) in [5, 5.41) is 1.83. The molecule has 0 aliphatic heterocycles. The van der Waals surface area contributed by atoms with Gasteiger partial charge in [0, 0.05) is 12.4 Å². The second-order valence-corrected chi connectivity index (χ2v) is 5.84. The second-order valence-electron chi connectivity index (χ2n) is 4.89. The molecule has 0 radical (unpaired) electrons. The normalized spacial score (nSPS) is 10.7. The minimum Gasteiger partial charge on any atom is -0.493 e. The van der Waals surface area contributed by atoms with Gasteiger partial charge in [0.25, 0.3) is 0 Å². The minimum atomic E-state index is -0.386. The number of esters is 1. The number of pyridine rings is 1. The van der Waals surface area contributed by atoms with Crippen molar-refractivity contribution in [2.45, 2.75) is 0 Å². The molecule has 0 aliphatic carbocycles. The summed E-state index contributed by atoms with van der Waals surface area (Å²) >= 11 is 1.34. The number of aromatic nitrogens is 1. The summed E-state index contributed by atoms with van der Waals surface area (Å²) in [7, 11) is 1.55. The topological polar surface area (TPSA) is 48.4 Å². The Hall–Kier alpha value is -2.92. The summed E-state index contributed by atoms with van der Waals surface area (Å²) in [6.45, 7) is 0. The van der Waals surface area contributed by atoms with E-state index in [1.165, 1.54) is 11.3 Å². The highest BCUT2D eigenvalue weighted by Crippen LogP contribution is 2.30. The first kappa shape index (κ1) is 16.0. The van der Waals surface area contributed by atoms with Crippen molar-refractivity contribution < 1.29 is 14.3 Å². The van der Waals surface area contributed by atoms with Crippen LogP contribution in [-0.4, -0.2) is 18.1 Å². The lowest BCUT2D eigenvalue weighted by Crippen LogP contribution is -2.07. The zero-order chi connectivity index (χ0) is 16.8. The Balaban J connectivity index is 1.78. The Morgan fingerprint density at radius 2 is 1.83 bits per heavy atom. The Labute approximate surface area is 144 Å². The fourth-order valence-electron chi connectivity index (χ4n) is 2.08. The van der Waals surface area contributed by atoms with Crippen molar-refractivity contribution in [3.63, 3.8) is 0 Å². The van der Waals surface area contributed by atoms with E-state index in [1.54, 1.807) is 31.6 Å². The number of benzene rings is 1. The fourth-order valence-corrected chi connectivity index (χ4v) is 2.68. The number of rotatable bonds is 5. The van der Waals surface area contributed by atoms with Gasteiger partial charge in [0.1, 0.15) is 4.88 Å². The van der Waals surface area contributed by atoms with Gasteiger partial charge in [-0.1, -0.05) is 24.3 Å². The molecule has 0 aliphatic rings. The highest BCUT2D eigenvalue weighted by Gasteiger charge is 2.13. The Morgan fingerprint density at radius 3 is 2.54 bits per heavy atom. The van der Waals surface area contributed by atoms with E-state index in [0.717, 1.165) is 11.1 Å². The van der Waals surface area contributed by atoms with E-state index in [0.29, 0.717) is 16.4 Å². The maximum atomic E-state index is 12.1. The van der Waals surface area contributed by atoms with Crippen LogP contribution in [0.1, 0.15) is 20.8 Å². The van der Waals surface area contributed by atoms with Gasteiger partial charge in [-0.3, -0.25) is 4.98 Å². The third-order valence-corrected chi connectivity index (χ3v) is 4.14. The third-order valence-electron chi connectivity index (χ3n) is 3.29. The first-order valence-corrected chi connectivity index (χ1v) is 8.16. The second kappa shape index (κ2) is 7.57. The maximum Gasteiger partial charge on any atom is 0.353 e. The molecule has 5 heteroatoms. The van der Waals surface area contributed by atoms with Crippen molar-refractivity contribution in [3.05, 3.63) is 76.2 Å². The van der Waals surface area contributed by atoms with Gasteiger partial charge < -0.3 is 9.47 Å². The SMILES string of the molecule is COc1cc(/C=C/c2ccncc2)ccc1OC(=O)c1cccs1. The standard InChI is InChI=1S/C19H15NO3S/c1-22-17-13-15(5-4-14-8-10-20-11-9-14)6-7-16(17)23-19(21)18-3-2-12-24-18/h2-13H,1H3/b5-4+. The summed E-state index contributed by atoms with van der Waals surface area (Å²) < 4.78 is 10.8. The molecule has 0 fully saturated rings. The van der Waals surface area contributed by atoms with Gasteiger partial charge in [-0.05, 0) is 46.8 Å². The molecule has 0 amide bonds. The molecule has 3 rings (SSSR count). The van der Waals surface area contributed by atoms with Crippen LogP contribution in [0.25, 0.3) is 12.2 Å². The van der Waals surface area contributed by atoms with Crippen molar-refractivity contribution in [3.8, 4) is 11.5 Å². The predicted octanol–water partition coefficient (Wildman–Crippen LogP) is 4.54. The Kier molecular flexibility index (Phi) is 5.03. The van der Waals surface area contributed by atoms with E-state index in [9.17, 15) is 4.79 Å². The average molecular weight is 337 g/mol. The molecule has 0 atom stereocenters. The van der Waals surface area contributed by atoms with E-state index in [-0.39, 0.29) is 5.97 Å². The highest BCUT2D eigenvalue weighted by molar-refractivity contribution is 7.12. The van der Waals surface area contributed by atoms with Crippen LogP contribution in [0, 0.1) is 0 Å². The lowest BCUT2D eigenvalue weighted by molar-refractivity contribution is 0.0735. The molecule has 0 unspecified atom stereocenters. The summed E-state index contributed by atoms with van der Waals surface area (Å²) in [5.41, 5.74) is 2.00. The summed E-state index contributed by atoms with van der Waals surface area (Å²) in [6.07, 6.45) is 7.43. The van der Waals surface area contributed by atoms with Crippen molar-refractivity contribution >= 4 is 29.5 Å². The summed E-state index contributed by atoms with van der Waals surface area (Å²) in [5.74, 6) is 0.525. The monoisotopic (exact) mass is 337 g/mol. The molecule has 0 spiro atoms. The van der Waals surface area contributed by atoms with Gasteiger partial charge in [-0.25, -0.2) is 4.79 Å². The highest BCUT2D eigenvalue weighted by atomic mass is 32.1. The van der Waals surface area contributed by atoms with Crippen LogP contribution in [-0.2, 0) is 0 Å². The van der Waals surface area contributed by atoms with Crippen molar-refractivity contribution in [2.75, 3.05) is 7.11 Å². The molecule has 120 valence electrons. The summed E-state index contributed by atoms with van der Waals surface area (Å²) in [4.78, 5) is 16.6. The minimum absolute atomic E-state index is 0.386. The average Bonchev–Trinajstić information content (AvgIpc) is 3.16. The van der Waals surface area contributed by atoms with Crippen LogP contribution >= 0.6 is 11.3 Å². The quantitative estimate of drug-likeness (QED) is 0.506. The van der Waals surface area contributed by atoms with Crippen molar-refractivity contribution in [2.24, 2.45) is 0 Å². The summed E-state index contributed by atoms with van der Waals surface area (Å²) in [6, 6.07) is 12.8. The third kappa shape index (κ3) is 3.88. The number of carbonyl (C=O) groups is 1. The predicted molar refractivity (Wildman–Crippen MR) is 95.4 cm³/mol. The Morgan fingerprint density at radius 1 is 1.04 bits per heavy atom. The van der Waals surface area contributed by atoms with E-state index in [4.69, 9.17) is 9.47 Å². The Bertz CT molecular complexity index is 842.